The summed E-state index contributed by atoms with van der Waals surface area (Å²) in [5, 5.41) is 0. The highest BCUT2D eigenvalue weighted by atomic mass is 16.5. The molecular weight excluding hydrogens is 366 g/mol. The first-order valence-corrected chi connectivity index (χ1v) is 14.2. The van der Waals surface area contributed by atoms with Gasteiger partial charge in [-0.2, -0.15) is 0 Å². The lowest BCUT2D eigenvalue weighted by molar-refractivity contribution is 0.129. The third-order valence-electron chi connectivity index (χ3n) is 6.39. The summed E-state index contributed by atoms with van der Waals surface area (Å²) in [4.78, 5) is 0. The summed E-state index contributed by atoms with van der Waals surface area (Å²) in [6.45, 7) is 4.82. The van der Waals surface area contributed by atoms with Crippen molar-refractivity contribution in [1.29, 1.82) is 0 Å². The summed E-state index contributed by atoms with van der Waals surface area (Å²) in [6.07, 6.45) is 34.2. The van der Waals surface area contributed by atoms with Gasteiger partial charge in [0.25, 0.3) is 0 Å². The largest absolute Gasteiger partial charge is 0.381 e. The molecule has 0 radical (unpaired) electrons. The molecule has 0 aliphatic heterocycles. The second kappa shape index (κ2) is 28.9. The number of rotatable bonds is 27. The molecule has 0 saturated heterocycles. The van der Waals surface area contributed by atoms with Gasteiger partial charge in [0.1, 0.15) is 0 Å². The molecule has 0 fully saturated rings. The molecule has 0 aromatic carbocycles. The van der Waals surface area contributed by atoms with E-state index in [2.05, 4.69) is 6.92 Å². The van der Waals surface area contributed by atoms with Crippen molar-refractivity contribution in [2.24, 2.45) is 5.73 Å². The molecule has 2 heteroatoms. The third kappa shape index (κ3) is 27.9. The van der Waals surface area contributed by atoms with Crippen LogP contribution in [0.15, 0.2) is 0 Å². The van der Waals surface area contributed by atoms with Gasteiger partial charge in [0.05, 0.1) is 0 Å². The summed E-state index contributed by atoms with van der Waals surface area (Å²) < 4.78 is 5.54. The highest BCUT2D eigenvalue weighted by Crippen LogP contribution is 2.15. The van der Waals surface area contributed by atoms with Crippen molar-refractivity contribution in [1.82, 2.24) is 0 Å². The second-order valence-corrected chi connectivity index (χ2v) is 9.53. The van der Waals surface area contributed by atoms with Gasteiger partial charge in [0, 0.05) is 13.2 Å². The molecule has 0 bridgehead atoms. The SMILES string of the molecule is CCCCCCCCCCCCCCCCCCCCCCCCCOCCCN. The zero-order valence-corrected chi connectivity index (χ0v) is 21.1. The minimum absolute atomic E-state index is 0.749. The Kier molecular flexibility index (Phi) is 28.8. The van der Waals surface area contributed by atoms with Gasteiger partial charge in [-0.05, 0) is 19.4 Å². The predicted molar refractivity (Wildman–Crippen MR) is 136 cm³/mol. The van der Waals surface area contributed by atoms with Crippen LogP contribution in [0, 0.1) is 0 Å². The van der Waals surface area contributed by atoms with Crippen LogP contribution < -0.4 is 5.73 Å². The summed E-state index contributed by atoms with van der Waals surface area (Å²) in [5.74, 6) is 0. The molecule has 0 spiro atoms. The van der Waals surface area contributed by atoms with Gasteiger partial charge >= 0.3 is 0 Å². The average Bonchev–Trinajstić information content (AvgIpc) is 2.76. The highest BCUT2D eigenvalue weighted by Gasteiger charge is 1.96. The van der Waals surface area contributed by atoms with Crippen molar-refractivity contribution in [3.05, 3.63) is 0 Å². The zero-order valence-electron chi connectivity index (χ0n) is 21.1. The molecule has 2 N–H and O–H groups in total. The Hall–Kier alpha value is -0.0800. The summed E-state index contributed by atoms with van der Waals surface area (Å²) in [6, 6.07) is 0. The quantitative estimate of drug-likeness (QED) is 0.133. The van der Waals surface area contributed by atoms with Crippen LogP contribution in [-0.2, 0) is 4.74 Å². The zero-order chi connectivity index (χ0) is 21.8. The number of nitrogens with two attached hydrogens (primary N) is 1. The van der Waals surface area contributed by atoms with Crippen LogP contribution >= 0.6 is 0 Å². The summed E-state index contributed by atoms with van der Waals surface area (Å²) >= 11 is 0. The number of ether oxygens (including phenoxy) is 1. The fraction of sp³-hybridized carbons (Fsp3) is 1.00. The molecule has 0 aliphatic rings. The number of unbranched alkanes of at least 4 members (excludes halogenated alkanes) is 22. The van der Waals surface area contributed by atoms with Crippen molar-refractivity contribution < 1.29 is 4.74 Å². The van der Waals surface area contributed by atoms with Crippen LogP contribution in [0.5, 0.6) is 0 Å². The lowest BCUT2D eigenvalue weighted by atomic mass is 10.0. The Balaban J connectivity index is 2.97. The maximum absolute atomic E-state index is 5.54. The van der Waals surface area contributed by atoms with E-state index in [4.69, 9.17) is 10.5 Å². The van der Waals surface area contributed by atoms with Crippen molar-refractivity contribution in [3.8, 4) is 0 Å². The monoisotopic (exact) mass is 425 g/mol. The van der Waals surface area contributed by atoms with Gasteiger partial charge in [-0.15, -0.1) is 0 Å². The lowest BCUT2D eigenvalue weighted by Crippen LogP contribution is -2.04. The fourth-order valence-corrected chi connectivity index (χ4v) is 4.28. The molecule has 182 valence electrons. The molecule has 0 aromatic heterocycles. The van der Waals surface area contributed by atoms with Crippen LogP contribution in [0.4, 0.5) is 0 Å². The van der Waals surface area contributed by atoms with E-state index < -0.39 is 0 Å². The Labute approximate surface area is 191 Å². The van der Waals surface area contributed by atoms with Crippen LogP contribution in [0.2, 0.25) is 0 Å². The number of hydrogen-bond acceptors (Lipinski definition) is 2. The summed E-state index contributed by atoms with van der Waals surface area (Å²) in [5.41, 5.74) is 5.45. The molecule has 0 aliphatic carbocycles. The van der Waals surface area contributed by atoms with E-state index in [1.807, 2.05) is 0 Å². The molecule has 30 heavy (non-hydrogen) atoms. The molecule has 0 rings (SSSR count). The van der Waals surface area contributed by atoms with E-state index >= 15 is 0 Å². The maximum Gasteiger partial charge on any atom is 0.0478 e. The molecule has 0 atom stereocenters. The van der Waals surface area contributed by atoms with Crippen molar-refractivity contribution in [3.63, 3.8) is 0 Å². The van der Waals surface area contributed by atoms with Gasteiger partial charge in [0.15, 0.2) is 0 Å². The fourth-order valence-electron chi connectivity index (χ4n) is 4.28. The molecule has 0 unspecified atom stereocenters. The molecule has 0 saturated carbocycles. The van der Waals surface area contributed by atoms with Crippen LogP contribution in [0.1, 0.15) is 161 Å². The first kappa shape index (κ1) is 29.9. The lowest BCUT2D eigenvalue weighted by Gasteiger charge is -2.05. The van der Waals surface area contributed by atoms with Crippen molar-refractivity contribution >= 4 is 0 Å². The van der Waals surface area contributed by atoms with E-state index in [1.54, 1.807) is 0 Å². The Morgan fingerprint density at radius 2 is 0.633 bits per heavy atom. The van der Waals surface area contributed by atoms with Gasteiger partial charge < -0.3 is 10.5 Å². The van der Waals surface area contributed by atoms with E-state index in [1.165, 1.54) is 148 Å². The summed E-state index contributed by atoms with van der Waals surface area (Å²) in [7, 11) is 0. The Bertz CT molecular complexity index is 254. The second-order valence-electron chi connectivity index (χ2n) is 9.53. The van der Waals surface area contributed by atoms with Crippen LogP contribution in [-0.4, -0.2) is 19.8 Å². The topological polar surface area (TPSA) is 35.2 Å². The van der Waals surface area contributed by atoms with E-state index in [0.717, 1.165) is 26.2 Å². The van der Waals surface area contributed by atoms with E-state index in [0.29, 0.717) is 0 Å². The average molecular weight is 426 g/mol. The van der Waals surface area contributed by atoms with Crippen LogP contribution in [0.3, 0.4) is 0 Å². The first-order valence-electron chi connectivity index (χ1n) is 14.2. The molecular formula is C28H59NO. The Morgan fingerprint density at radius 3 is 0.933 bits per heavy atom. The van der Waals surface area contributed by atoms with Crippen molar-refractivity contribution in [2.75, 3.05) is 19.8 Å². The first-order chi connectivity index (χ1) is 14.9. The van der Waals surface area contributed by atoms with Crippen molar-refractivity contribution in [2.45, 2.75) is 161 Å². The standard InChI is InChI=1S/C28H59NO/c1-2-3-4-5-6-7-8-9-10-11-12-13-14-15-16-17-18-19-20-21-22-23-24-27-30-28-25-26-29/h2-29H2,1H3. The smallest absolute Gasteiger partial charge is 0.0478 e. The maximum atomic E-state index is 5.54. The van der Waals surface area contributed by atoms with Gasteiger partial charge in [-0.3, -0.25) is 0 Å². The van der Waals surface area contributed by atoms with E-state index in [9.17, 15) is 0 Å². The normalized spacial score (nSPS) is 11.4. The van der Waals surface area contributed by atoms with Gasteiger partial charge in [-0.1, -0.05) is 148 Å². The van der Waals surface area contributed by atoms with Gasteiger partial charge in [-0.25, -0.2) is 0 Å². The minimum Gasteiger partial charge on any atom is -0.381 e. The minimum atomic E-state index is 0.749. The van der Waals surface area contributed by atoms with E-state index in [-0.39, 0.29) is 0 Å². The predicted octanol–water partition coefficient (Wildman–Crippen LogP) is 9.34. The Morgan fingerprint density at radius 1 is 0.367 bits per heavy atom. The highest BCUT2D eigenvalue weighted by molar-refractivity contribution is 4.51. The van der Waals surface area contributed by atoms with Gasteiger partial charge in [0.2, 0.25) is 0 Å². The third-order valence-corrected chi connectivity index (χ3v) is 6.39. The van der Waals surface area contributed by atoms with Crippen LogP contribution in [0.25, 0.3) is 0 Å². The molecule has 0 amide bonds. The molecule has 0 heterocycles. The molecule has 0 aromatic rings. The molecule has 2 nitrogen and oxygen atoms in total. The number of hydrogen-bond donors (Lipinski definition) is 1.